The Hall–Kier alpha value is -1.91. The zero-order valence-corrected chi connectivity index (χ0v) is 15.0. The number of carbonyl (C=O) groups is 3. The van der Waals surface area contributed by atoms with E-state index in [0.29, 0.717) is 12.1 Å². The van der Waals surface area contributed by atoms with Gasteiger partial charge in [0.25, 0.3) is 0 Å². The molecule has 1 aromatic rings. The first-order valence-electron chi connectivity index (χ1n) is 8.84. The fourth-order valence-corrected chi connectivity index (χ4v) is 3.21. The molecule has 5 heteroatoms. The molecule has 4 nitrogen and oxygen atoms in total. The Labute approximate surface area is 145 Å². The highest BCUT2D eigenvalue weighted by Crippen LogP contribution is 2.31. The summed E-state index contributed by atoms with van der Waals surface area (Å²) in [7, 11) is 1.60. The maximum absolute atomic E-state index is 12.5. The van der Waals surface area contributed by atoms with Crippen molar-refractivity contribution in [3.05, 3.63) is 29.8 Å². The number of imide groups is 1. The van der Waals surface area contributed by atoms with E-state index in [1.165, 1.54) is 4.90 Å². The Morgan fingerprint density at radius 2 is 1.88 bits per heavy atom. The van der Waals surface area contributed by atoms with E-state index in [2.05, 4.69) is 6.92 Å². The summed E-state index contributed by atoms with van der Waals surface area (Å²) in [6.07, 6.45) is 3.09. The monoisotopic (exact) mass is 327 g/mol. The molecule has 0 aliphatic carbocycles. The second-order valence-corrected chi connectivity index (χ2v) is 6.89. The van der Waals surface area contributed by atoms with Crippen LogP contribution in [0.25, 0.3) is 0 Å². The number of benzene rings is 1. The predicted molar refractivity (Wildman–Crippen MR) is 97.7 cm³/mol. The number of rotatable bonds is 7. The smallest absolute Gasteiger partial charge is 0.237 e. The van der Waals surface area contributed by atoms with Gasteiger partial charge in [0.05, 0.1) is 11.4 Å². The second-order valence-electron chi connectivity index (χ2n) is 6.89. The highest BCUT2D eigenvalue weighted by Gasteiger charge is 2.38. The standard InChI is InChI=1S/C19H26BNO3/c1-4-5-6-15-11-17(22)21(19(15)24)16-9-7-14(8-10-16)12(2)13(3)18(20)23/h7-10,12-13,15H,4-6,11,20H2,1-3H3. The van der Waals surface area contributed by atoms with E-state index in [1.54, 1.807) is 7.85 Å². The summed E-state index contributed by atoms with van der Waals surface area (Å²) in [5.74, 6) is -0.303. The number of anilines is 1. The SMILES string of the molecule is BC(=O)C(C)C(C)c1ccc(N2C(=O)CC(CCCC)C2=O)cc1. The normalized spacial score (nSPS) is 20.3. The molecule has 2 amide bonds. The molecule has 1 aliphatic heterocycles. The molecule has 3 unspecified atom stereocenters. The van der Waals surface area contributed by atoms with Gasteiger partial charge in [-0.2, -0.15) is 0 Å². The molecule has 1 heterocycles. The lowest BCUT2D eigenvalue weighted by atomic mass is 9.79. The van der Waals surface area contributed by atoms with Crippen LogP contribution in [-0.2, 0) is 14.4 Å². The van der Waals surface area contributed by atoms with Crippen molar-refractivity contribution in [3.8, 4) is 0 Å². The number of unbranched alkanes of at least 4 members (excludes halogenated alkanes) is 1. The van der Waals surface area contributed by atoms with Crippen molar-refractivity contribution in [1.82, 2.24) is 0 Å². The largest absolute Gasteiger partial charge is 0.312 e. The van der Waals surface area contributed by atoms with E-state index in [1.807, 2.05) is 38.1 Å². The molecule has 0 saturated carbocycles. The van der Waals surface area contributed by atoms with E-state index >= 15 is 0 Å². The average Bonchev–Trinajstić information content (AvgIpc) is 2.85. The van der Waals surface area contributed by atoms with Gasteiger partial charge in [0.15, 0.2) is 7.85 Å². The van der Waals surface area contributed by atoms with Gasteiger partial charge in [0.1, 0.15) is 0 Å². The first kappa shape index (κ1) is 18.4. The highest BCUT2D eigenvalue weighted by molar-refractivity contribution is 6.58. The van der Waals surface area contributed by atoms with Crippen LogP contribution in [0.15, 0.2) is 24.3 Å². The summed E-state index contributed by atoms with van der Waals surface area (Å²) < 4.78 is 0. The Balaban J connectivity index is 2.14. The zero-order valence-electron chi connectivity index (χ0n) is 15.0. The fraction of sp³-hybridized carbons (Fsp3) is 0.526. The fourth-order valence-electron chi connectivity index (χ4n) is 3.21. The molecule has 3 atom stereocenters. The first-order valence-corrected chi connectivity index (χ1v) is 8.84. The van der Waals surface area contributed by atoms with Gasteiger partial charge in [0.2, 0.25) is 11.8 Å². The Kier molecular flexibility index (Phi) is 5.97. The molecule has 128 valence electrons. The van der Waals surface area contributed by atoms with Gasteiger partial charge in [-0.3, -0.25) is 14.5 Å². The molecule has 1 fully saturated rings. The Bertz CT molecular complexity index is 626. The van der Waals surface area contributed by atoms with Crippen molar-refractivity contribution < 1.29 is 14.4 Å². The molecule has 0 bridgehead atoms. The van der Waals surface area contributed by atoms with Crippen molar-refractivity contribution in [2.24, 2.45) is 11.8 Å². The zero-order chi connectivity index (χ0) is 17.9. The van der Waals surface area contributed by atoms with Crippen molar-refractivity contribution in [3.63, 3.8) is 0 Å². The summed E-state index contributed by atoms with van der Waals surface area (Å²) in [5, 5.41) is 0. The molecule has 0 N–H and O–H groups in total. The summed E-state index contributed by atoms with van der Waals surface area (Å²) >= 11 is 0. The average molecular weight is 327 g/mol. The van der Waals surface area contributed by atoms with Crippen molar-refractivity contribution in [1.29, 1.82) is 0 Å². The molecule has 1 aromatic carbocycles. The lowest BCUT2D eigenvalue weighted by Crippen LogP contribution is -2.30. The van der Waals surface area contributed by atoms with E-state index in [4.69, 9.17) is 0 Å². The Morgan fingerprint density at radius 3 is 2.42 bits per heavy atom. The number of amides is 2. The summed E-state index contributed by atoms with van der Waals surface area (Å²) in [5.41, 5.74) is 1.84. The minimum atomic E-state index is -0.172. The molecule has 0 aromatic heterocycles. The van der Waals surface area contributed by atoms with Crippen LogP contribution in [0.5, 0.6) is 0 Å². The maximum atomic E-state index is 12.5. The van der Waals surface area contributed by atoms with Gasteiger partial charge >= 0.3 is 0 Å². The molecule has 1 saturated heterocycles. The highest BCUT2D eigenvalue weighted by atomic mass is 16.2. The number of carbonyl (C=O) groups excluding carboxylic acids is 3. The van der Waals surface area contributed by atoms with Crippen molar-refractivity contribution in [2.75, 3.05) is 4.90 Å². The topological polar surface area (TPSA) is 54.5 Å². The first-order chi connectivity index (χ1) is 11.4. The number of nitrogens with zero attached hydrogens (tertiary/aromatic N) is 1. The maximum Gasteiger partial charge on any atom is 0.237 e. The van der Waals surface area contributed by atoms with Gasteiger partial charge in [-0.15, -0.1) is 0 Å². The van der Waals surface area contributed by atoms with Crippen LogP contribution >= 0.6 is 0 Å². The molecule has 0 radical (unpaired) electrons. The quantitative estimate of drug-likeness (QED) is 0.571. The lowest BCUT2D eigenvalue weighted by molar-refractivity contribution is -0.122. The van der Waals surface area contributed by atoms with Crippen LogP contribution < -0.4 is 4.90 Å². The van der Waals surface area contributed by atoms with Crippen LogP contribution in [-0.4, -0.2) is 25.3 Å². The molecular weight excluding hydrogens is 301 g/mol. The van der Waals surface area contributed by atoms with Crippen molar-refractivity contribution >= 4 is 31.0 Å². The molecule has 0 spiro atoms. The third-order valence-electron chi connectivity index (χ3n) is 5.21. The van der Waals surface area contributed by atoms with Crippen molar-refractivity contribution in [2.45, 2.75) is 52.4 Å². The van der Waals surface area contributed by atoms with Gasteiger partial charge in [-0.05, 0) is 30.0 Å². The molecular formula is C19H26BNO3. The summed E-state index contributed by atoms with van der Waals surface area (Å²) in [4.78, 5) is 37.6. The van der Waals surface area contributed by atoms with Gasteiger partial charge in [-0.25, -0.2) is 0 Å². The third-order valence-corrected chi connectivity index (χ3v) is 5.21. The molecule has 24 heavy (non-hydrogen) atoms. The minimum Gasteiger partial charge on any atom is -0.312 e. The third kappa shape index (κ3) is 3.77. The van der Waals surface area contributed by atoms with Gasteiger partial charge in [-0.1, -0.05) is 45.7 Å². The second kappa shape index (κ2) is 7.78. The van der Waals surface area contributed by atoms with E-state index in [-0.39, 0.29) is 35.3 Å². The number of hydrogen-bond acceptors (Lipinski definition) is 3. The van der Waals surface area contributed by atoms with Gasteiger partial charge < -0.3 is 4.79 Å². The van der Waals surface area contributed by atoms with E-state index in [0.717, 1.165) is 24.8 Å². The van der Waals surface area contributed by atoms with Crippen LogP contribution in [0.2, 0.25) is 0 Å². The predicted octanol–water partition coefficient (Wildman–Crippen LogP) is 2.66. The van der Waals surface area contributed by atoms with Crippen LogP contribution in [0.4, 0.5) is 5.69 Å². The van der Waals surface area contributed by atoms with E-state index in [9.17, 15) is 14.4 Å². The molecule has 2 rings (SSSR count). The summed E-state index contributed by atoms with van der Waals surface area (Å²) in [6.45, 7) is 6.03. The number of hydrogen-bond donors (Lipinski definition) is 0. The summed E-state index contributed by atoms with van der Waals surface area (Å²) in [6, 6.07) is 7.46. The minimum absolute atomic E-state index is 0.0516. The van der Waals surface area contributed by atoms with Crippen LogP contribution in [0.3, 0.4) is 0 Å². The van der Waals surface area contributed by atoms with Gasteiger partial charge in [0, 0.05) is 18.3 Å². The van der Waals surface area contributed by atoms with Crippen LogP contribution in [0.1, 0.15) is 57.9 Å². The van der Waals surface area contributed by atoms with E-state index < -0.39 is 0 Å². The molecule has 1 aliphatic rings. The van der Waals surface area contributed by atoms with Crippen LogP contribution in [0, 0.1) is 11.8 Å². The lowest BCUT2D eigenvalue weighted by Gasteiger charge is -2.20. The Morgan fingerprint density at radius 1 is 1.25 bits per heavy atom.